The van der Waals surface area contributed by atoms with Crippen LogP contribution in [0.15, 0.2) is 18.2 Å². The lowest BCUT2D eigenvalue weighted by atomic mass is 10.0. The summed E-state index contributed by atoms with van der Waals surface area (Å²) in [6, 6.07) is 3.98. The fourth-order valence-corrected chi connectivity index (χ4v) is 1.39. The highest BCUT2D eigenvalue weighted by Crippen LogP contribution is 2.25. The average molecular weight is 207 g/mol. The highest BCUT2D eigenvalue weighted by molar-refractivity contribution is 5.47. The van der Waals surface area contributed by atoms with Crippen LogP contribution in [-0.2, 0) is 0 Å². The summed E-state index contributed by atoms with van der Waals surface area (Å²) in [5, 5.41) is 9.74. The normalized spacial score (nSPS) is 12.1. The Hall–Kier alpha value is -1.53. The van der Waals surface area contributed by atoms with E-state index in [9.17, 15) is 9.50 Å². The van der Waals surface area contributed by atoms with E-state index in [1.807, 2.05) is 0 Å². The Bertz CT molecular complexity index is 370. The number of aliphatic hydroxyl groups is 1. The number of hydrogen-bond donors (Lipinski definition) is 2. The molecule has 0 saturated heterocycles. The molecule has 0 aliphatic rings. The molecule has 0 aliphatic heterocycles. The summed E-state index contributed by atoms with van der Waals surface area (Å²) in [6.07, 6.45) is 6.15. The lowest BCUT2D eigenvalue weighted by Gasteiger charge is -2.12. The van der Waals surface area contributed by atoms with Gasteiger partial charge in [0.05, 0.1) is 6.10 Å². The summed E-state index contributed by atoms with van der Waals surface area (Å²) >= 11 is 0. The summed E-state index contributed by atoms with van der Waals surface area (Å²) in [4.78, 5) is 0. The first-order valence-corrected chi connectivity index (χ1v) is 4.81. The zero-order valence-corrected chi connectivity index (χ0v) is 8.41. The molecule has 80 valence electrons. The third-order valence-electron chi connectivity index (χ3n) is 2.21. The van der Waals surface area contributed by atoms with E-state index >= 15 is 0 Å². The van der Waals surface area contributed by atoms with Crippen LogP contribution in [-0.4, -0.2) is 5.11 Å². The van der Waals surface area contributed by atoms with Crippen LogP contribution < -0.4 is 5.73 Å². The molecule has 1 atom stereocenters. The van der Waals surface area contributed by atoms with Crippen LogP contribution >= 0.6 is 0 Å². The molecule has 2 nitrogen and oxygen atoms in total. The van der Waals surface area contributed by atoms with Crippen molar-refractivity contribution >= 4 is 5.69 Å². The van der Waals surface area contributed by atoms with E-state index in [-0.39, 0.29) is 0 Å². The van der Waals surface area contributed by atoms with Gasteiger partial charge in [-0.05, 0) is 31.0 Å². The van der Waals surface area contributed by atoms with E-state index in [1.54, 1.807) is 0 Å². The second kappa shape index (κ2) is 5.38. The quantitative estimate of drug-likeness (QED) is 0.452. The number of nitrogen functional groups attached to an aromatic ring is 1. The van der Waals surface area contributed by atoms with Crippen molar-refractivity contribution in [1.29, 1.82) is 0 Å². The number of terminal acetylenes is 1. The van der Waals surface area contributed by atoms with Crippen LogP contribution in [0.3, 0.4) is 0 Å². The van der Waals surface area contributed by atoms with Gasteiger partial charge in [0.1, 0.15) is 5.82 Å². The van der Waals surface area contributed by atoms with Crippen molar-refractivity contribution in [3.05, 3.63) is 29.6 Å². The molecular weight excluding hydrogens is 193 g/mol. The first-order valence-electron chi connectivity index (χ1n) is 4.81. The van der Waals surface area contributed by atoms with E-state index in [0.717, 1.165) is 0 Å². The third kappa shape index (κ3) is 3.26. The van der Waals surface area contributed by atoms with E-state index in [1.165, 1.54) is 18.2 Å². The van der Waals surface area contributed by atoms with E-state index in [0.29, 0.717) is 30.5 Å². The maximum atomic E-state index is 12.9. The minimum absolute atomic E-state index is 0.393. The van der Waals surface area contributed by atoms with Gasteiger partial charge in [-0.25, -0.2) is 4.39 Å². The average Bonchev–Trinajstić information content (AvgIpc) is 2.22. The van der Waals surface area contributed by atoms with Gasteiger partial charge in [-0.2, -0.15) is 0 Å². The van der Waals surface area contributed by atoms with E-state index < -0.39 is 11.9 Å². The van der Waals surface area contributed by atoms with Crippen molar-refractivity contribution in [1.82, 2.24) is 0 Å². The number of halogens is 1. The standard InChI is InChI=1S/C12H14FNO/c1-2-3-4-5-12(15)10-8-9(13)6-7-11(10)14/h1,6-8,12,15H,3-5,14H2. The predicted molar refractivity (Wildman–Crippen MR) is 58.5 cm³/mol. The molecule has 3 heteroatoms. The summed E-state index contributed by atoms with van der Waals surface area (Å²) in [5.74, 6) is 2.09. The van der Waals surface area contributed by atoms with Crippen LogP contribution in [0, 0.1) is 18.2 Å². The van der Waals surface area contributed by atoms with Crippen LogP contribution in [0.2, 0.25) is 0 Å². The van der Waals surface area contributed by atoms with Crippen LogP contribution in [0.4, 0.5) is 10.1 Å². The molecule has 1 unspecified atom stereocenters. The summed E-state index contributed by atoms with van der Waals surface area (Å²) < 4.78 is 12.9. The number of anilines is 1. The number of hydrogen-bond acceptors (Lipinski definition) is 2. The zero-order chi connectivity index (χ0) is 11.3. The fraction of sp³-hybridized carbons (Fsp3) is 0.333. The maximum absolute atomic E-state index is 12.9. The fourth-order valence-electron chi connectivity index (χ4n) is 1.39. The Morgan fingerprint density at radius 2 is 2.27 bits per heavy atom. The van der Waals surface area contributed by atoms with Gasteiger partial charge in [0, 0.05) is 17.7 Å². The lowest BCUT2D eigenvalue weighted by molar-refractivity contribution is 0.165. The molecule has 1 aromatic carbocycles. The monoisotopic (exact) mass is 207 g/mol. The number of rotatable bonds is 4. The SMILES string of the molecule is C#CCCCC(O)c1cc(F)ccc1N. The Kier molecular flexibility index (Phi) is 4.14. The Morgan fingerprint density at radius 3 is 2.93 bits per heavy atom. The van der Waals surface area contributed by atoms with Crippen LogP contribution in [0.5, 0.6) is 0 Å². The van der Waals surface area contributed by atoms with Crippen molar-refractivity contribution in [2.75, 3.05) is 5.73 Å². The number of unbranched alkanes of at least 4 members (excludes halogenated alkanes) is 1. The first kappa shape index (κ1) is 11.5. The number of aliphatic hydroxyl groups excluding tert-OH is 1. The second-order valence-electron chi connectivity index (χ2n) is 3.39. The molecule has 0 amide bonds. The van der Waals surface area contributed by atoms with Gasteiger partial charge in [-0.15, -0.1) is 12.3 Å². The van der Waals surface area contributed by atoms with Gasteiger partial charge in [0.25, 0.3) is 0 Å². The molecule has 0 aromatic heterocycles. The second-order valence-corrected chi connectivity index (χ2v) is 3.39. The molecule has 1 aromatic rings. The molecule has 0 saturated carbocycles. The van der Waals surface area contributed by atoms with Gasteiger partial charge >= 0.3 is 0 Å². The smallest absolute Gasteiger partial charge is 0.123 e. The van der Waals surface area contributed by atoms with Crippen molar-refractivity contribution in [2.24, 2.45) is 0 Å². The van der Waals surface area contributed by atoms with Crippen molar-refractivity contribution in [2.45, 2.75) is 25.4 Å². The van der Waals surface area contributed by atoms with E-state index in [2.05, 4.69) is 5.92 Å². The Morgan fingerprint density at radius 1 is 1.53 bits per heavy atom. The van der Waals surface area contributed by atoms with Gasteiger partial charge in [0.15, 0.2) is 0 Å². The van der Waals surface area contributed by atoms with Gasteiger partial charge in [0.2, 0.25) is 0 Å². The molecule has 1 rings (SSSR count). The predicted octanol–water partition coefficient (Wildman–Crippen LogP) is 2.24. The summed E-state index contributed by atoms with van der Waals surface area (Å²) in [5.41, 5.74) is 6.47. The zero-order valence-electron chi connectivity index (χ0n) is 8.41. The first-order chi connectivity index (χ1) is 7.15. The van der Waals surface area contributed by atoms with Crippen molar-refractivity contribution in [3.63, 3.8) is 0 Å². The molecular formula is C12H14FNO. The van der Waals surface area contributed by atoms with Crippen molar-refractivity contribution in [3.8, 4) is 12.3 Å². The number of benzene rings is 1. The van der Waals surface area contributed by atoms with Gasteiger partial charge in [-0.3, -0.25) is 0 Å². The molecule has 0 heterocycles. The summed E-state index contributed by atoms with van der Waals surface area (Å²) in [6.45, 7) is 0. The lowest BCUT2D eigenvalue weighted by Crippen LogP contribution is -2.02. The minimum Gasteiger partial charge on any atom is -0.398 e. The topological polar surface area (TPSA) is 46.2 Å². The van der Waals surface area contributed by atoms with Crippen molar-refractivity contribution < 1.29 is 9.50 Å². The highest BCUT2D eigenvalue weighted by Gasteiger charge is 2.11. The molecule has 0 fully saturated rings. The minimum atomic E-state index is -0.742. The molecule has 0 aliphatic carbocycles. The number of nitrogens with two attached hydrogens (primary N) is 1. The molecule has 0 spiro atoms. The highest BCUT2D eigenvalue weighted by atomic mass is 19.1. The van der Waals surface area contributed by atoms with Gasteiger partial charge in [-0.1, -0.05) is 0 Å². The molecule has 0 radical (unpaired) electrons. The largest absolute Gasteiger partial charge is 0.398 e. The third-order valence-corrected chi connectivity index (χ3v) is 2.21. The summed E-state index contributed by atoms with van der Waals surface area (Å²) in [7, 11) is 0. The molecule has 3 N–H and O–H groups in total. The Labute approximate surface area is 88.9 Å². The maximum Gasteiger partial charge on any atom is 0.123 e. The molecule has 0 bridgehead atoms. The van der Waals surface area contributed by atoms with E-state index in [4.69, 9.17) is 12.2 Å². The Balaban J connectivity index is 2.69. The van der Waals surface area contributed by atoms with Crippen LogP contribution in [0.1, 0.15) is 30.9 Å². The van der Waals surface area contributed by atoms with Crippen LogP contribution in [0.25, 0.3) is 0 Å². The molecule has 15 heavy (non-hydrogen) atoms. The van der Waals surface area contributed by atoms with Gasteiger partial charge < -0.3 is 10.8 Å².